The van der Waals surface area contributed by atoms with E-state index in [1.165, 1.54) is 12.0 Å². The molecule has 4 heterocycles. The Morgan fingerprint density at radius 2 is 1.39 bits per heavy atom. The van der Waals surface area contributed by atoms with E-state index in [-0.39, 0.29) is 24.9 Å². The molecule has 0 aliphatic carbocycles. The summed E-state index contributed by atoms with van der Waals surface area (Å²) in [5.74, 6) is 0.0194. The predicted octanol–water partition coefficient (Wildman–Crippen LogP) is 5.83. The van der Waals surface area contributed by atoms with Crippen molar-refractivity contribution in [2.75, 3.05) is 21.3 Å². The van der Waals surface area contributed by atoms with Gasteiger partial charge in [0.25, 0.3) is 11.8 Å². The number of hydrogen-bond acceptors (Lipinski definition) is 6. The Morgan fingerprint density at radius 1 is 0.773 bits per heavy atom. The van der Waals surface area contributed by atoms with Gasteiger partial charge in [-0.3, -0.25) is 14.5 Å². The van der Waals surface area contributed by atoms with Crippen molar-refractivity contribution < 1.29 is 28.6 Å². The van der Waals surface area contributed by atoms with Crippen LogP contribution >= 0.6 is 0 Å². The first kappa shape index (κ1) is 26.1. The zero-order chi connectivity index (χ0) is 30.3. The van der Waals surface area contributed by atoms with E-state index in [4.69, 9.17) is 14.2 Å². The van der Waals surface area contributed by atoms with Crippen LogP contribution in [0.5, 0.6) is 11.5 Å². The summed E-state index contributed by atoms with van der Waals surface area (Å²) >= 11 is 0. The number of carbonyl (C=O) groups is 3. The Bertz CT molecular complexity index is 2290. The van der Waals surface area contributed by atoms with Crippen LogP contribution in [0, 0.1) is 0 Å². The molecule has 2 amide bonds. The number of fused-ring (bicyclic) bond motifs is 9. The summed E-state index contributed by atoms with van der Waals surface area (Å²) in [5.41, 5.74) is 5.44. The molecular formula is C35H27N3O6. The summed E-state index contributed by atoms with van der Waals surface area (Å²) < 4.78 is 20.3. The highest BCUT2D eigenvalue weighted by Gasteiger charge is 2.42. The van der Waals surface area contributed by atoms with Gasteiger partial charge in [0.2, 0.25) is 0 Å². The fraction of sp³-hybridized carbons (Fsp3) is 0.171. The van der Waals surface area contributed by atoms with Crippen LogP contribution in [0.2, 0.25) is 0 Å². The lowest BCUT2D eigenvalue weighted by Crippen LogP contribution is -2.29. The Labute approximate surface area is 251 Å². The lowest BCUT2D eigenvalue weighted by atomic mass is 9.96. The van der Waals surface area contributed by atoms with Crippen LogP contribution in [-0.2, 0) is 29.2 Å². The maximum Gasteiger partial charge on any atom is 0.335 e. The number of carbonyl (C=O) groups excluding carboxylic acids is 3. The molecule has 2 aromatic heterocycles. The lowest BCUT2D eigenvalue weighted by Gasteiger charge is -2.17. The number of para-hydroxylation sites is 2. The van der Waals surface area contributed by atoms with Crippen molar-refractivity contribution in [3.8, 4) is 11.5 Å². The van der Waals surface area contributed by atoms with Crippen LogP contribution in [0.1, 0.15) is 26.3 Å². The SMILES string of the molecule is COC(=O)/C1=C/Cn2c3ccccc3c3c4c(c5c6ccccc6n(c5c32)C1)C(=O)N(Cc1ccc(OC)cc1OC)C4=O. The normalized spacial score (nSPS) is 15.6. The van der Waals surface area contributed by atoms with Gasteiger partial charge in [0.1, 0.15) is 11.5 Å². The van der Waals surface area contributed by atoms with Crippen LogP contribution in [0.3, 0.4) is 0 Å². The monoisotopic (exact) mass is 585 g/mol. The summed E-state index contributed by atoms with van der Waals surface area (Å²) in [6, 6.07) is 21.1. The first-order valence-corrected chi connectivity index (χ1v) is 14.3. The van der Waals surface area contributed by atoms with E-state index in [1.807, 2.05) is 60.7 Å². The molecule has 9 heteroatoms. The minimum Gasteiger partial charge on any atom is -0.497 e. The smallest absolute Gasteiger partial charge is 0.335 e. The molecule has 0 radical (unpaired) electrons. The van der Waals surface area contributed by atoms with E-state index in [0.29, 0.717) is 45.7 Å². The number of hydrogen-bond donors (Lipinski definition) is 0. The number of amides is 2. The highest BCUT2D eigenvalue weighted by molar-refractivity contribution is 6.39. The van der Waals surface area contributed by atoms with E-state index in [0.717, 1.165) is 38.2 Å². The first-order chi connectivity index (χ1) is 21.5. The molecule has 218 valence electrons. The van der Waals surface area contributed by atoms with E-state index in [9.17, 15) is 14.4 Å². The standard InChI is InChI=1S/C35H27N3O6/c1-42-21-13-12-19(26(16-21)43-2)17-38-33(39)29-27-22-8-4-6-10-24(22)36-15-14-20(35(41)44-3)18-37-25-11-7-5-9-23(25)28(30(29)34(38)40)32(37)31(27)36/h4-14,16H,15,17-18H2,1-3H3/b20-14+. The Kier molecular flexibility index (Phi) is 5.61. The molecule has 4 aromatic carbocycles. The summed E-state index contributed by atoms with van der Waals surface area (Å²) in [6.07, 6.45) is 1.89. The first-order valence-electron chi connectivity index (χ1n) is 14.3. The molecular weight excluding hydrogens is 558 g/mol. The van der Waals surface area contributed by atoms with Gasteiger partial charge in [-0.1, -0.05) is 42.5 Å². The average Bonchev–Trinajstić information content (AvgIpc) is 3.63. The van der Waals surface area contributed by atoms with Crippen LogP contribution in [0.15, 0.2) is 78.4 Å². The number of aromatic nitrogens is 2. The van der Waals surface area contributed by atoms with Crippen LogP contribution in [0.4, 0.5) is 0 Å². The lowest BCUT2D eigenvalue weighted by molar-refractivity contribution is -0.136. The topological polar surface area (TPSA) is 92.0 Å². The van der Waals surface area contributed by atoms with Gasteiger partial charge in [-0.2, -0.15) is 0 Å². The molecule has 2 aliphatic rings. The third-order valence-corrected chi connectivity index (χ3v) is 8.95. The molecule has 0 fully saturated rings. The predicted molar refractivity (Wildman–Crippen MR) is 166 cm³/mol. The van der Waals surface area contributed by atoms with Crippen molar-refractivity contribution in [1.29, 1.82) is 0 Å². The zero-order valence-corrected chi connectivity index (χ0v) is 24.3. The minimum atomic E-state index is -0.404. The number of rotatable bonds is 5. The van der Waals surface area contributed by atoms with Crippen molar-refractivity contribution in [2.45, 2.75) is 19.6 Å². The van der Waals surface area contributed by atoms with Gasteiger partial charge in [-0.15, -0.1) is 0 Å². The maximum absolute atomic E-state index is 14.5. The summed E-state index contributed by atoms with van der Waals surface area (Å²) in [6.45, 7) is 0.702. The van der Waals surface area contributed by atoms with Gasteiger partial charge in [-0.05, 0) is 24.3 Å². The van der Waals surface area contributed by atoms with E-state index >= 15 is 0 Å². The quantitative estimate of drug-likeness (QED) is 0.187. The number of allylic oxidation sites excluding steroid dienone is 1. The van der Waals surface area contributed by atoms with E-state index < -0.39 is 5.97 Å². The van der Waals surface area contributed by atoms with Gasteiger partial charge in [0.05, 0.1) is 62.2 Å². The Morgan fingerprint density at radius 3 is 2.00 bits per heavy atom. The number of benzene rings is 4. The molecule has 0 saturated carbocycles. The number of ether oxygens (including phenoxy) is 3. The maximum atomic E-state index is 14.5. The second kappa shape index (κ2) is 9.47. The van der Waals surface area contributed by atoms with E-state index in [1.54, 1.807) is 26.4 Å². The second-order valence-corrected chi connectivity index (χ2v) is 11.0. The fourth-order valence-corrected chi connectivity index (χ4v) is 7.01. The molecule has 0 atom stereocenters. The summed E-state index contributed by atoms with van der Waals surface area (Å²) in [7, 11) is 4.50. The molecule has 8 rings (SSSR count). The zero-order valence-electron chi connectivity index (χ0n) is 24.3. The molecule has 0 bridgehead atoms. The molecule has 0 N–H and O–H groups in total. The number of methoxy groups -OCH3 is 3. The molecule has 2 aliphatic heterocycles. The number of esters is 1. The van der Waals surface area contributed by atoms with Crippen molar-refractivity contribution in [2.24, 2.45) is 0 Å². The number of nitrogens with zero attached hydrogens (tertiary/aromatic N) is 3. The number of imide groups is 1. The molecule has 0 spiro atoms. The molecule has 9 nitrogen and oxygen atoms in total. The van der Waals surface area contributed by atoms with Crippen LogP contribution in [0.25, 0.3) is 43.6 Å². The minimum absolute atomic E-state index is 0.0355. The fourth-order valence-electron chi connectivity index (χ4n) is 7.01. The second-order valence-electron chi connectivity index (χ2n) is 11.0. The highest BCUT2D eigenvalue weighted by Crippen LogP contribution is 2.47. The Hall–Kier alpha value is -5.57. The largest absolute Gasteiger partial charge is 0.497 e. The molecule has 0 saturated heterocycles. The van der Waals surface area contributed by atoms with Crippen molar-refractivity contribution in [3.05, 3.63) is 95.1 Å². The summed E-state index contributed by atoms with van der Waals surface area (Å²) in [5, 5.41) is 3.16. The average molecular weight is 586 g/mol. The third-order valence-electron chi connectivity index (χ3n) is 8.95. The van der Waals surface area contributed by atoms with Gasteiger partial charge in [0.15, 0.2) is 0 Å². The van der Waals surface area contributed by atoms with Crippen LogP contribution in [-0.4, -0.2) is 53.1 Å². The highest BCUT2D eigenvalue weighted by atomic mass is 16.5. The van der Waals surface area contributed by atoms with Crippen molar-refractivity contribution in [1.82, 2.24) is 14.0 Å². The van der Waals surface area contributed by atoms with Gasteiger partial charge < -0.3 is 23.3 Å². The molecule has 0 unspecified atom stereocenters. The molecule has 6 aromatic rings. The Balaban J connectivity index is 1.48. The molecule has 44 heavy (non-hydrogen) atoms. The van der Waals surface area contributed by atoms with E-state index in [2.05, 4.69) is 9.13 Å². The van der Waals surface area contributed by atoms with Crippen LogP contribution < -0.4 is 9.47 Å². The third kappa shape index (κ3) is 3.37. The van der Waals surface area contributed by atoms with Gasteiger partial charge in [-0.25, -0.2) is 4.79 Å². The van der Waals surface area contributed by atoms with Gasteiger partial charge >= 0.3 is 5.97 Å². The van der Waals surface area contributed by atoms with Gasteiger partial charge in [0, 0.05) is 50.8 Å². The summed E-state index contributed by atoms with van der Waals surface area (Å²) in [4.78, 5) is 43.2. The van der Waals surface area contributed by atoms with Crippen molar-refractivity contribution in [3.63, 3.8) is 0 Å². The van der Waals surface area contributed by atoms with Crippen molar-refractivity contribution >= 4 is 61.4 Å².